The minimum atomic E-state index is -4.80. The Morgan fingerprint density at radius 2 is 1.80 bits per heavy atom. The van der Waals surface area contributed by atoms with Crippen molar-refractivity contribution in [2.75, 3.05) is 19.0 Å². The highest BCUT2D eigenvalue weighted by atomic mass is 19.4. The first-order valence-electron chi connectivity index (χ1n) is 11.1. The number of nitrogens with zero attached hydrogens (tertiary/aromatic N) is 1. The molecule has 0 aromatic heterocycles. The van der Waals surface area contributed by atoms with Crippen molar-refractivity contribution in [3.05, 3.63) is 66.2 Å². The predicted octanol–water partition coefficient (Wildman–Crippen LogP) is 4.08. The van der Waals surface area contributed by atoms with Gasteiger partial charge in [0, 0.05) is 5.69 Å². The van der Waals surface area contributed by atoms with E-state index >= 15 is 0 Å². The first-order chi connectivity index (χ1) is 16.6. The number of rotatable bonds is 6. The highest BCUT2D eigenvalue weighted by molar-refractivity contribution is 5.99. The van der Waals surface area contributed by atoms with Crippen LogP contribution >= 0.6 is 0 Å². The Hall–Kier alpha value is -3.53. The largest absolute Gasteiger partial charge is 0.573 e. The maximum Gasteiger partial charge on any atom is 0.573 e. The average Bonchev–Trinajstić information content (AvgIpc) is 3.47. The number of halogens is 3. The number of methoxy groups -OCH3 is 1. The lowest BCUT2D eigenvalue weighted by atomic mass is 9.76. The first kappa shape index (κ1) is 23.2. The summed E-state index contributed by atoms with van der Waals surface area (Å²) in [6.45, 7) is 2.25. The summed E-state index contributed by atoms with van der Waals surface area (Å²) in [6, 6.07) is 12.1. The zero-order valence-corrected chi connectivity index (χ0v) is 18.9. The summed E-state index contributed by atoms with van der Waals surface area (Å²) in [4.78, 5) is 28.5. The van der Waals surface area contributed by atoms with Crippen LogP contribution in [0.15, 0.2) is 60.7 Å². The number of carbonyl (C=O) groups is 2. The molecule has 2 fully saturated rings. The number of benzene rings is 2. The van der Waals surface area contributed by atoms with Crippen LogP contribution < -0.4 is 14.8 Å². The van der Waals surface area contributed by atoms with Crippen LogP contribution in [0.25, 0.3) is 0 Å². The molecule has 3 heterocycles. The van der Waals surface area contributed by atoms with E-state index in [9.17, 15) is 22.8 Å². The normalized spacial score (nSPS) is 27.6. The van der Waals surface area contributed by atoms with Crippen LogP contribution in [0.1, 0.15) is 18.5 Å². The number of nitrogens with one attached hydrogen (secondary N) is 1. The highest BCUT2D eigenvalue weighted by Crippen LogP contribution is 2.53. The second-order valence-electron chi connectivity index (χ2n) is 8.88. The summed E-state index contributed by atoms with van der Waals surface area (Å²) in [5, 5.41) is 2.70. The lowest BCUT2D eigenvalue weighted by Crippen LogP contribution is -2.41. The van der Waals surface area contributed by atoms with Gasteiger partial charge in [-0.05, 0) is 48.9 Å². The van der Waals surface area contributed by atoms with Crippen molar-refractivity contribution < 1.29 is 37.0 Å². The summed E-state index contributed by atoms with van der Waals surface area (Å²) in [5.41, 5.74) is 0.338. The van der Waals surface area contributed by atoms with Gasteiger partial charge in [-0.3, -0.25) is 9.59 Å². The zero-order chi connectivity index (χ0) is 25.0. The Kier molecular flexibility index (Phi) is 5.51. The number of carbonyl (C=O) groups excluding carboxylic acids is 2. The van der Waals surface area contributed by atoms with Gasteiger partial charge in [0.25, 0.3) is 0 Å². The van der Waals surface area contributed by atoms with Crippen LogP contribution in [0, 0.1) is 11.8 Å². The van der Waals surface area contributed by atoms with E-state index in [2.05, 4.69) is 10.1 Å². The van der Waals surface area contributed by atoms with Crippen molar-refractivity contribution in [2.24, 2.45) is 11.8 Å². The van der Waals surface area contributed by atoms with Crippen LogP contribution in [0.4, 0.5) is 18.9 Å². The molecule has 2 aromatic carbocycles. The molecule has 2 amide bonds. The lowest BCUT2D eigenvalue weighted by Gasteiger charge is -2.28. The van der Waals surface area contributed by atoms with E-state index < -0.39 is 41.6 Å². The molecule has 35 heavy (non-hydrogen) atoms. The molecule has 3 aliphatic heterocycles. The molecule has 2 aromatic rings. The summed E-state index contributed by atoms with van der Waals surface area (Å²) in [7, 11) is 1.58. The molecule has 7 nitrogen and oxygen atoms in total. The Labute approximate surface area is 199 Å². The fourth-order valence-corrected chi connectivity index (χ4v) is 5.18. The van der Waals surface area contributed by atoms with Crippen LogP contribution in [-0.4, -0.2) is 48.4 Å². The van der Waals surface area contributed by atoms with Crippen LogP contribution in [0.3, 0.4) is 0 Å². The molecule has 1 N–H and O–H groups in total. The van der Waals surface area contributed by atoms with Gasteiger partial charge >= 0.3 is 6.36 Å². The minimum absolute atomic E-state index is 0.172. The van der Waals surface area contributed by atoms with Crippen molar-refractivity contribution >= 4 is 17.5 Å². The lowest BCUT2D eigenvalue weighted by molar-refractivity contribution is -0.274. The molecule has 2 bridgehead atoms. The van der Waals surface area contributed by atoms with E-state index in [1.165, 1.54) is 12.1 Å². The van der Waals surface area contributed by atoms with Gasteiger partial charge in [0.05, 0.1) is 37.6 Å². The van der Waals surface area contributed by atoms with Crippen LogP contribution in [0.2, 0.25) is 0 Å². The van der Waals surface area contributed by atoms with Gasteiger partial charge in [-0.2, -0.15) is 0 Å². The SMILES string of the molecule is COc1ccc(C(C)N2C[C@]34C=CC(O3)C(C(=O)Nc3ccc(OC(F)(F)F)cc3)C4C2=O)cc1. The van der Waals surface area contributed by atoms with E-state index in [0.717, 1.165) is 17.7 Å². The monoisotopic (exact) mass is 488 g/mol. The maximum atomic E-state index is 13.5. The number of hydrogen-bond acceptors (Lipinski definition) is 5. The second kappa shape index (κ2) is 8.30. The van der Waals surface area contributed by atoms with Crippen molar-refractivity contribution in [3.8, 4) is 11.5 Å². The molecule has 4 unspecified atom stereocenters. The number of hydrogen-bond donors (Lipinski definition) is 1. The molecule has 0 aliphatic carbocycles. The topological polar surface area (TPSA) is 77.1 Å². The van der Waals surface area contributed by atoms with Crippen molar-refractivity contribution in [3.63, 3.8) is 0 Å². The smallest absolute Gasteiger partial charge is 0.497 e. The maximum absolute atomic E-state index is 13.5. The number of anilines is 1. The van der Waals surface area contributed by atoms with E-state index in [0.29, 0.717) is 18.0 Å². The Balaban J connectivity index is 1.32. The summed E-state index contributed by atoms with van der Waals surface area (Å²) >= 11 is 0. The second-order valence-corrected chi connectivity index (χ2v) is 8.88. The van der Waals surface area contributed by atoms with Crippen LogP contribution in [0.5, 0.6) is 11.5 Å². The van der Waals surface area contributed by atoms with Crippen molar-refractivity contribution in [1.82, 2.24) is 4.90 Å². The fourth-order valence-electron chi connectivity index (χ4n) is 5.18. The number of alkyl halides is 3. The molecule has 1 spiro atoms. The number of amides is 2. The van der Waals surface area contributed by atoms with Gasteiger partial charge in [-0.1, -0.05) is 24.3 Å². The van der Waals surface area contributed by atoms with E-state index in [1.54, 1.807) is 18.1 Å². The van der Waals surface area contributed by atoms with Crippen LogP contribution in [-0.2, 0) is 14.3 Å². The first-order valence-corrected chi connectivity index (χ1v) is 11.1. The molecule has 3 aliphatic rings. The molecule has 10 heteroatoms. The minimum Gasteiger partial charge on any atom is -0.497 e. The Morgan fingerprint density at radius 3 is 2.43 bits per heavy atom. The number of fused-ring (bicyclic) bond motifs is 1. The molecule has 5 atom stereocenters. The molecular weight excluding hydrogens is 465 g/mol. The van der Waals surface area contributed by atoms with Gasteiger partial charge in [-0.15, -0.1) is 13.2 Å². The molecular formula is C25H23F3N2O5. The Bertz CT molecular complexity index is 1170. The summed E-state index contributed by atoms with van der Waals surface area (Å²) < 4.78 is 52.4. The van der Waals surface area contributed by atoms with Gasteiger partial charge in [-0.25, -0.2) is 0 Å². The third-order valence-corrected chi connectivity index (χ3v) is 6.85. The molecule has 184 valence electrons. The Morgan fingerprint density at radius 1 is 1.14 bits per heavy atom. The molecule has 2 saturated heterocycles. The molecule has 0 radical (unpaired) electrons. The van der Waals surface area contributed by atoms with E-state index in [4.69, 9.17) is 9.47 Å². The third kappa shape index (κ3) is 4.12. The van der Waals surface area contributed by atoms with Gasteiger partial charge < -0.3 is 24.4 Å². The summed E-state index contributed by atoms with van der Waals surface area (Å²) in [5.74, 6) is -1.73. The third-order valence-electron chi connectivity index (χ3n) is 6.85. The van der Waals surface area contributed by atoms with Gasteiger partial charge in [0.15, 0.2) is 0 Å². The number of likely N-dealkylation sites (tertiary alicyclic amines) is 1. The van der Waals surface area contributed by atoms with Gasteiger partial charge in [0.2, 0.25) is 11.8 Å². The standard InChI is InChI=1S/C25H23F3N2O5/c1-14(15-3-7-17(33-2)8-4-15)30-13-24-12-11-19(35-24)20(21(24)23(30)32)22(31)29-16-5-9-18(10-6-16)34-25(26,27)28/h3-12,14,19-21H,13H2,1-2H3,(H,29,31)/t14?,19?,20?,21?,24-/m0/s1. The summed E-state index contributed by atoms with van der Waals surface area (Å²) in [6.07, 6.45) is -1.68. The van der Waals surface area contributed by atoms with Crippen molar-refractivity contribution in [1.29, 1.82) is 0 Å². The quantitative estimate of drug-likeness (QED) is 0.621. The van der Waals surface area contributed by atoms with E-state index in [1.807, 2.05) is 37.3 Å². The molecule has 0 saturated carbocycles. The highest BCUT2D eigenvalue weighted by Gasteiger charge is 2.67. The zero-order valence-electron chi connectivity index (χ0n) is 18.9. The van der Waals surface area contributed by atoms with E-state index in [-0.39, 0.29) is 11.9 Å². The predicted molar refractivity (Wildman–Crippen MR) is 119 cm³/mol. The fraction of sp³-hybridized carbons (Fsp3) is 0.360. The number of ether oxygens (including phenoxy) is 3. The molecule has 5 rings (SSSR count). The van der Waals surface area contributed by atoms with Gasteiger partial charge in [0.1, 0.15) is 17.1 Å². The van der Waals surface area contributed by atoms with Crippen molar-refractivity contribution in [2.45, 2.75) is 31.0 Å². The average molecular weight is 488 g/mol.